The van der Waals surface area contributed by atoms with Crippen LogP contribution in [-0.2, 0) is 17.9 Å². The summed E-state index contributed by atoms with van der Waals surface area (Å²) < 4.78 is 90.6. The first-order valence-electron chi connectivity index (χ1n) is 11.2. The predicted octanol–water partition coefficient (Wildman–Crippen LogP) is 6.04. The summed E-state index contributed by atoms with van der Waals surface area (Å²) in [5.41, 5.74) is 3.07. The van der Waals surface area contributed by atoms with Crippen molar-refractivity contribution in [2.75, 3.05) is 19.8 Å². The summed E-state index contributed by atoms with van der Waals surface area (Å²) in [5.74, 6) is -0.619. The Balaban J connectivity index is 1.55. The molecular formula is C24H25F6N3O3S. The van der Waals surface area contributed by atoms with Gasteiger partial charge in [0.2, 0.25) is 0 Å². The lowest BCUT2D eigenvalue weighted by atomic mass is 10.1. The number of aliphatic hydroxyl groups is 1. The number of aromatic nitrogens is 2. The molecule has 0 saturated carbocycles. The second-order valence-electron chi connectivity index (χ2n) is 8.45. The number of unbranched alkanes of at least 4 members (excludes halogenated alkanes) is 2. The van der Waals surface area contributed by atoms with E-state index in [2.05, 4.69) is 10.2 Å². The summed E-state index contributed by atoms with van der Waals surface area (Å²) in [6, 6.07) is 8.41. The SMILES string of the molecule is C[C@](N)(CO)c1nnc(-c2ccc(OCCCCCOc3ccccc3C(F)(F)F)c(C(F)(F)F)c2)s1. The highest BCUT2D eigenvalue weighted by Gasteiger charge is 2.36. The van der Waals surface area contributed by atoms with Gasteiger partial charge in [0.05, 0.1) is 36.5 Å². The Kier molecular flexibility index (Phi) is 9.03. The topological polar surface area (TPSA) is 90.5 Å². The number of alkyl halides is 6. The van der Waals surface area contributed by atoms with Gasteiger partial charge in [-0.3, -0.25) is 0 Å². The summed E-state index contributed by atoms with van der Waals surface area (Å²) in [5, 5.41) is 17.6. The third-order valence-electron chi connectivity index (χ3n) is 5.27. The maximum absolute atomic E-state index is 13.7. The van der Waals surface area contributed by atoms with Crippen molar-refractivity contribution in [2.24, 2.45) is 5.73 Å². The van der Waals surface area contributed by atoms with Crippen LogP contribution >= 0.6 is 11.3 Å². The van der Waals surface area contributed by atoms with Crippen LogP contribution in [0, 0.1) is 0 Å². The normalized spacial score (nSPS) is 13.9. The molecule has 0 aliphatic heterocycles. The Morgan fingerprint density at radius 2 is 1.43 bits per heavy atom. The molecule has 3 aromatic rings. The largest absolute Gasteiger partial charge is 0.493 e. The minimum atomic E-state index is -4.69. The minimum Gasteiger partial charge on any atom is -0.493 e. The monoisotopic (exact) mass is 549 g/mol. The van der Waals surface area contributed by atoms with Crippen molar-refractivity contribution in [3.63, 3.8) is 0 Å². The van der Waals surface area contributed by atoms with E-state index in [4.69, 9.17) is 15.2 Å². The Bertz CT molecular complexity index is 1180. The first-order valence-corrected chi connectivity index (χ1v) is 12.0. The van der Waals surface area contributed by atoms with Gasteiger partial charge in [0.25, 0.3) is 0 Å². The number of halogens is 6. The van der Waals surface area contributed by atoms with Gasteiger partial charge in [-0.2, -0.15) is 26.3 Å². The second kappa shape index (κ2) is 11.7. The third kappa shape index (κ3) is 7.55. The van der Waals surface area contributed by atoms with Gasteiger partial charge in [0, 0.05) is 5.56 Å². The van der Waals surface area contributed by atoms with Crippen LogP contribution < -0.4 is 15.2 Å². The van der Waals surface area contributed by atoms with Gasteiger partial charge in [0.15, 0.2) is 0 Å². The fraction of sp³-hybridized carbons (Fsp3) is 0.417. The lowest BCUT2D eigenvalue weighted by Gasteiger charge is -2.17. The number of rotatable bonds is 11. The van der Waals surface area contributed by atoms with Crippen LogP contribution in [0.15, 0.2) is 42.5 Å². The fourth-order valence-electron chi connectivity index (χ4n) is 3.22. The van der Waals surface area contributed by atoms with Crippen LogP contribution in [-0.4, -0.2) is 35.1 Å². The molecule has 0 unspecified atom stereocenters. The lowest BCUT2D eigenvalue weighted by molar-refractivity contribution is -0.139. The first kappa shape index (κ1) is 28.7. The highest BCUT2D eigenvalue weighted by molar-refractivity contribution is 7.14. The van der Waals surface area contributed by atoms with Crippen molar-refractivity contribution < 1.29 is 40.9 Å². The van der Waals surface area contributed by atoms with E-state index in [9.17, 15) is 31.4 Å². The van der Waals surface area contributed by atoms with E-state index in [1.54, 1.807) is 0 Å². The molecule has 0 aliphatic carbocycles. The summed E-state index contributed by atoms with van der Waals surface area (Å²) >= 11 is 0.983. The van der Waals surface area contributed by atoms with Gasteiger partial charge in [-0.15, -0.1) is 10.2 Å². The average Bonchev–Trinajstić information content (AvgIpc) is 3.34. The first-order chi connectivity index (χ1) is 17.3. The molecule has 3 rings (SSSR count). The predicted molar refractivity (Wildman–Crippen MR) is 125 cm³/mol. The van der Waals surface area contributed by atoms with E-state index >= 15 is 0 Å². The second-order valence-corrected chi connectivity index (χ2v) is 9.43. The summed E-state index contributed by atoms with van der Waals surface area (Å²) in [6.07, 6.45) is -7.97. The molecule has 0 amide bonds. The van der Waals surface area contributed by atoms with Crippen molar-refractivity contribution in [3.8, 4) is 22.1 Å². The van der Waals surface area contributed by atoms with Crippen molar-refractivity contribution >= 4 is 11.3 Å². The van der Waals surface area contributed by atoms with Crippen molar-refractivity contribution in [1.29, 1.82) is 0 Å². The van der Waals surface area contributed by atoms with E-state index in [1.165, 1.54) is 37.3 Å². The molecular weight excluding hydrogens is 524 g/mol. The summed E-state index contributed by atoms with van der Waals surface area (Å²) in [7, 11) is 0. The van der Waals surface area contributed by atoms with Gasteiger partial charge in [-0.25, -0.2) is 0 Å². The third-order valence-corrected chi connectivity index (χ3v) is 6.52. The van der Waals surface area contributed by atoms with E-state index < -0.39 is 35.6 Å². The zero-order valence-electron chi connectivity index (χ0n) is 19.7. The highest BCUT2D eigenvalue weighted by atomic mass is 32.1. The molecule has 0 fully saturated rings. The number of para-hydroxylation sites is 1. The van der Waals surface area contributed by atoms with E-state index in [0.717, 1.165) is 23.5 Å². The fourth-order valence-corrected chi connectivity index (χ4v) is 4.11. The van der Waals surface area contributed by atoms with E-state index in [0.29, 0.717) is 19.3 Å². The molecule has 0 aliphatic rings. The van der Waals surface area contributed by atoms with Crippen LogP contribution in [0.25, 0.3) is 10.6 Å². The van der Waals surface area contributed by atoms with Gasteiger partial charge in [0.1, 0.15) is 21.5 Å². The molecule has 37 heavy (non-hydrogen) atoms. The quantitative estimate of drug-likeness (QED) is 0.224. The molecule has 0 saturated heterocycles. The van der Waals surface area contributed by atoms with E-state index in [-0.39, 0.29) is 40.3 Å². The van der Waals surface area contributed by atoms with Gasteiger partial charge in [-0.1, -0.05) is 23.5 Å². The van der Waals surface area contributed by atoms with Crippen LogP contribution in [0.3, 0.4) is 0 Å². The Hall–Kier alpha value is -2.90. The standard InChI is InChI=1S/C24H25F6N3O3S/c1-22(31,14-34)21-33-32-20(37-21)15-9-10-19(17(13-15)24(28,29)30)36-12-6-2-5-11-35-18-8-4-3-7-16(18)23(25,26)27/h3-4,7-10,13,34H,2,5-6,11-12,14,31H2,1H3/t22-/m0/s1. The van der Waals surface area contributed by atoms with Crippen LogP contribution in [0.1, 0.15) is 42.3 Å². The summed E-state index contributed by atoms with van der Waals surface area (Å²) in [4.78, 5) is 0. The molecule has 1 atom stereocenters. The Morgan fingerprint density at radius 1 is 0.838 bits per heavy atom. The Labute approximate surface area is 213 Å². The molecule has 2 aromatic carbocycles. The van der Waals surface area contributed by atoms with Crippen molar-refractivity contribution in [1.82, 2.24) is 10.2 Å². The number of aliphatic hydroxyl groups excluding tert-OH is 1. The lowest BCUT2D eigenvalue weighted by Crippen LogP contribution is -2.36. The number of hydrogen-bond acceptors (Lipinski definition) is 7. The average molecular weight is 550 g/mol. The number of benzene rings is 2. The summed E-state index contributed by atoms with van der Waals surface area (Å²) in [6.45, 7) is 1.13. The molecule has 13 heteroatoms. The molecule has 1 heterocycles. The zero-order valence-corrected chi connectivity index (χ0v) is 20.5. The maximum atomic E-state index is 13.7. The maximum Gasteiger partial charge on any atom is 0.419 e. The zero-order chi connectivity index (χ0) is 27.3. The van der Waals surface area contributed by atoms with E-state index in [1.807, 2.05) is 0 Å². The van der Waals surface area contributed by atoms with Gasteiger partial charge >= 0.3 is 12.4 Å². The van der Waals surface area contributed by atoms with Crippen LogP contribution in [0.4, 0.5) is 26.3 Å². The number of ether oxygens (including phenoxy) is 2. The molecule has 3 N–H and O–H groups in total. The number of nitrogens with zero attached hydrogens (tertiary/aromatic N) is 2. The van der Waals surface area contributed by atoms with Crippen LogP contribution in [0.2, 0.25) is 0 Å². The smallest absolute Gasteiger partial charge is 0.419 e. The molecule has 0 radical (unpaired) electrons. The van der Waals surface area contributed by atoms with Crippen molar-refractivity contribution in [2.45, 2.75) is 44.1 Å². The van der Waals surface area contributed by atoms with Crippen LogP contribution in [0.5, 0.6) is 11.5 Å². The Morgan fingerprint density at radius 3 is 2.03 bits per heavy atom. The van der Waals surface area contributed by atoms with Crippen molar-refractivity contribution in [3.05, 3.63) is 58.6 Å². The molecule has 0 spiro atoms. The molecule has 6 nitrogen and oxygen atoms in total. The molecule has 1 aromatic heterocycles. The number of nitrogens with two attached hydrogens (primary N) is 1. The molecule has 0 bridgehead atoms. The highest BCUT2D eigenvalue weighted by Crippen LogP contribution is 2.40. The molecule has 202 valence electrons. The van der Waals surface area contributed by atoms with Gasteiger partial charge in [-0.05, 0) is 56.5 Å². The minimum absolute atomic E-state index is 0.0213. The van der Waals surface area contributed by atoms with Gasteiger partial charge < -0.3 is 20.3 Å². The number of hydrogen-bond donors (Lipinski definition) is 2.